The van der Waals surface area contributed by atoms with Gasteiger partial charge in [0.05, 0.1) is 5.39 Å². The maximum absolute atomic E-state index is 12.8. The van der Waals surface area contributed by atoms with Gasteiger partial charge in [-0.1, -0.05) is 11.6 Å². The number of hydrogen-bond donors (Lipinski definition) is 1. The number of nitrogens with zero attached hydrogens (tertiary/aromatic N) is 2. The highest BCUT2D eigenvalue weighted by Crippen LogP contribution is 2.30. The molecule has 2 aromatic carbocycles. The predicted octanol–water partition coefficient (Wildman–Crippen LogP) is 5.07. The molecule has 6 nitrogen and oxygen atoms in total. The average Bonchev–Trinajstić information content (AvgIpc) is 3.44. The lowest BCUT2D eigenvalue weighted by atomic mass is 10.1. The minimum Gasteiger partial charge on any atom is -0.451 e. The summed E-state index contributed by atoms with van der Waals surface area (Å²) in [6.07, 6.45) is 3.79. The standard InChI is InChI=1S/C26H28ClN3O3/c1-16-12-19(29-11-9-20(15-29)30-10-3-4-17(30)2)6-7-22(16)28-26(32)25-14-23(31)21-13-18(27)5-8-24(21)33-25/h5-8,12-14,17,20H,3-4,9-11,15H2,1-2H3,(H,28,32). The van der Waals surface area contributed by atoms with Gasteiger partial charge >= 0.3 is 0 Å². The summed E-state index contributed by atoms with van der Waals surface area (Å²) < 4.78 is 5.66. The monoisotopic (exact) mass is 465 g/mol. The van der Waals surface area contributed by atoms with E-state index in [4.69, 9.17) is 16.0 Å². The molecule has 0 spiro atoms. The van der Waals surface area contributed by atoms with E-state index in [-0.39, 0.29) is 11.2 Å². The Morgan fingerprint density at radius 1 is 1.12 bits per heavy atom. The van der Waals surface area contributed by atoms with E-state index in [2.05, 4.69) is 34.2 Å². The molecule has 3 aromatic rings. The zero-order valence-electron chi connectivity index (χ0n) is 18.9. The van der Waals surface area contributed by atoms with Crippen molar-refractivity contribution in [3.63, 3.8) is 0 Å². The molecular weight excluding hydrogens is 438 g/mol. The van der Waals surface area contributed by atoms with E-state index in [0.717, 1.165) is 18.7 Å². The molecule has 0 bridgehead atoms. The van der Waals surface area contributed by atoms with Crippen molar-refractivity contribution in [2.24, 2.45) is 0 Å². The number of likely N-dealkylation sites (tertiary alicyclic amines) is 1. The number of carbonyl (C=O) groups excluding carboxylic acids is 1. The van der Waals surface area contributed by atoms with Crippen LogP contribution in [0.3, 0.4) is 0 Å². The van der Waals surface area contributed by atoms with Gasteiger partial charge in [-0.05, 0) is 81.6 Å². The van der Waals surface area contributed by atoms with Crippen LogP contribution in [0, 0.1) is 6.92 Å². The maximum atomic E-state index is 12.8. The molecule has 2 atom stereocenters. The zero-order valence-corrected chi connectivity index (χ0v) is 19.7. The number of nitrogens with one attached hydrogen (secondary N) is 1. The molecule has 33 heavy (non-hydrogen) atoms. The van der Waals surface area contributed by atoms with E-state index in [1.165, 1.54) is 37.6 Å². The van der Waals surface area contributed by atoms with E-state index >= 15 is 0 Å². The lowest BCUT2D eigenvalue weighted by Gasteiger charge is -2.28. The van der Waals surface area contributed by atoms with Crippen LogP contribution in [0.4, 0.5) is 11.4 Å². The Hall–Kier alpha value is -2.83. The molecule has 1 N–H and O–H groups in total. The number of anilines is 2. The fourth-order valence-corrected chi connectivity index (χ4v) is 5.33. The van der Waals surface area contributed by atoms with E-state index in [9.17, 15) is 9.59 Å². The number of amides is 1. The second kappa shape index (κ2) is 8.84. The fourth-order valence-electron chi connectivity index (χ4n) is 5.15. The van der Waals surface area contributed by atoms with Gasteiger partial charge in [-0.2, -0.15) is 0 Å². The van der Waals surface area contributed by atoms with Crippen LogP contribution in [0.2, 0.25) is 5.02 Å². The third-order valence-corrected chi connectivity index (χ3v) is 7.21. The summed E-state index contributed by atoms with van der Waals surface area (Å²) in [5.41, 5.74) is 2.88. The lowest BCUT2D eigenvalue weighted by molar-refractivity contribution is 0.0997. The minimum atomic E-state index is -0.455. The largest absolute Gasteiger partial charge is 0.451 e. The predicted molar refractivity (Wildman–Crippen MR) is 133 cm³/mol. The Kier molecular flexibility index (Phi) is 5.89. The molecule has 2 fully saturated rings. The summed E-state index contributed by atoms with van der Waals surface area (Å²) >= 11 is 5.96. The smallest absolute Gasteiger partial charge is 0.291 e. The summed E-state index contributed by atoms with van der Waals surface area (Å²) in [7, 11) is 0. The van der Waals surface area contributed by atoms with E-state index in [1.54, 1.807) is 18.2 Å². The van der Waals surface area contributed by atoms with Crippen molar-refractivity contribution >= 4 is 39.9 Å². The number of rotatable bonds is 4. The molecule has 0 aliphatic carbocycles. The number of fused-ring (bicyclic) bond motifs is 1. The number of benzene rings is 2. The Morgan fingerprint density at radius 2 is 1.97 bits per heavy atom. The van der Waals surface area contributed by atoms with Gasteiger partial charge < -0.3 is 14.6 Å². The molecule has 2 saturated heterocycles. The molecule has 0 radical (unpaired) electrons. The molecule has 2 unspecified atom stereocenters. The van der Waals surface area contributed by atoms with Gasteiger partial charge in [0.25, 0.3) is 5.91 Å². The van der Waals surface area contributed by atoms with Crippen molar-refractivity contribution in [1.29, 1.82) is 0 Å². The average molecular weight is 466 g/mol. The number of carbonyl (C=O) groups is 1. The third kappa shape index (κ3) is 4.37. The van der Waals surface area contributed by atoms with Gasteiger partial charge in [0.2, 0.25) is 0 Å². The highest BCUT2D eigenvalue weighted by molar-refractivity contribution is 6.31. The van der Waals surface area contributed by atoms with Gasteiger partial charge in [-0.3, -0.25) is 14.5 Å². The molecule has 172 valence electrons. The van der Waals surface area contributed by atoms with Crippen molar-refractivity contribution in [3.8, 4) is 0 Å². The highest BCUT2D eigenvalue weighted by Gasteiger charge is 2.33. The van der Waals surface area contributed by atoms with Crippen molar-refractivity contribution in [2.45, 2.75) is 45.2 Å². The first-order chi connectivity index (χ1) is 15.9. The first-order valence-electron chi connectivity index (χ1n) is 11.5. The Morgan fingerprint density at radius 3 is 2.73 bits per heavy atom. The Balaban J connectivity index is 1.30. The normalized spacial score (nSPS) is 21.1. The number of halogens is 1. The van der Waals surface area contributed by atoms with Crippen LogP contribution < -0.4 is 15.6 Å². The van der Waals surface area contributed by atoms with Crippen molar-refractivity contribution in [1.82, 2.24) is 4.90 Å². The molecule has 1 amide bonds. The van der Waals surface area contributed by atoms with Crippen LogP contribution in [0.25, 0.3) is 11.0 Å². The molecular formula is C26H28ClN3O3. The van der Waals surface area contributed by atoms with E-state index < -0.39 is 5.91 Å². The SMILES string of the molecule is Cc1cc(N2CCC(N3CCCC3C)C2)ccc1NC(=O)c1cc(=O)c2cc(Cl)ccc2o1. The summed E-state index contributed by atoms with van der Waals surface area (Å²) in [4.78, 5) is 30.3. The zero-order chi connectivity index (χ0) is 23.1. The van der Waals surface area contributed by atoms with Crippen LogP contribution in [0.5, 0.6) is 0 Å². The second-order valence-electron chi connectivity index (χ2n) is 9.19. The first kappa shape index (κ1) is 22.0. The summed E-state index contributed by atoms with van der Waals surface area (Å²) in [6.45, 7) is 7.62. The highest BCUT2D eigenvalue weighted by atomic mass is 35.5. The lowest BCUT2D eigenvalue weighted by Crippen LogP contribution is -2.39. The minimum absolute atomic E-state index is 0.0274. The van der Waals surface area contributed by atoms with Crippen LogP contribution in [-0.2, 0) is 0 Å². The van der Waals surface area contributed by atoms with Crippen molar-refractivity contribution < 1.29 is 9.21 Å². The van der Waals surface area contributed by atoms with Gasteiger partial charge in [0.1, 0.15) is 5.58 Å². The Bertz CT molecular complexity index is 1270. The molecule has 2 aliphatic rings. The van der Waals surface area contributed by atoms with Crippen LogP contribution >= 0.6 is 11.6 Å². The third-order valence-electron chi connectivity index (χ3n) is 6.97. The number of hydrogen-bond acceptors (Lipinski definition) is 5. The number of aryl methyl sites for hydroxylation is 1. The van der Waals surface area contributed by atoms with Crippen molar-refractivity contribution in [2.75, 3.05) is 29.9 Å². The second-order valence-corrected chi connectivity index (χ2v) is 9.62. The van der Waals surface area contributed by atoms with Gasteiger partial charge in [-0.25, -0.2) is 0 Å². The quantitative estimate of drug-likeness (QED) is 0.582. The first-order valence-corrected chi connectivity index (χ1v) is 11.9. The Labute approximate surface area is 198 Å². The molecule has 3 heterocycles. The van der Waals surface area contributed by atoms with Crippen LogP contribution in [-0.4, -0.2) is 42.5 Å². The molecule has 7 heteroatoms. The molecule has 5 rings (SSSR count). The fraction of sp³-hybridized carbons (Fsp3) is 0.385. The van der Waals surface area contributed by atoms with Crippen molar-refractivity contribution in [3.05, 3.63) is 69.0 Å². The van der Waals surface area contributed by atoms with E-state index in [0.29, 0.717) is 33.8 Å². The maximum Gasteiger partial charge on any atom is 0.291 e. The molecule has 1 aromatic heterocycles. The topological polar surface area (TPSA) is 65.8 Å². The van der Waals surface area contributed by atoms with Crippen LogP contribution in [0.1, 0.15) is 42.3 Å². The summed E-state index contributed by atoms with van der Waals surface area (Å²) in [5, 5.41) is 3.68. The molecule has 0 saturated carbocycles. The van der Waals surface area contributed by atoms with Gasteiger partial charge in [0, 0.05) is 47.6 Å². The summed E-state index contributed by atoms with van der Waals surface area (Å²) in [5.74, 6) is -0.482. The van der Waals surface area contributed by atoms with E-state index in [1.807, 2.05) is 13.0 Å². The molecule has 2 aliphatic heterocycles. The summed E-state index contributed by atoms with van der Waals surface area (Å²) in [6, 6.07) is 13.4. The van der Waals surface area contributed by atoms with Crippen LogP contribution in [0.15, 0.2) is 51.7 Å². The van der Waals surface area contributed by atoms with Gasteiger partial charge in [0.15, 0.2) is 11.2 Å². The van der Waals surface area contributed by atoms with Gasteiger partial charge in [-0.15, -0.1) is 0 Å².